The predicted molar refractivity (Wildman–Crippen MR) is 44.9 cm³/mol. The van der Waals surface area contributed by atoms with Crippen molar-refractivity contribution in [2.75, 3.05) is 14.1 Å². The zero-order chi connectivity index (χ0) is 8.59. The van der Waals surface area contributed by atoms with Crippen LogP contribution in [0.15, 0.2) is 24.0 Å². The maximum absolute atomic E-state index is 11.5. The second kappa shape index (κ2) is 2.81. The summed E-state index contributed by atoms with van der Waals surface area (Å²) < 4.78 is 15.2. The van der Waals surface area contributed by atoms with Gasteiger partial charge in [0.25, 0.3) is 0 Å². The van der Waals surface area contributed by atoms with E-state index in [0.29, 0.717) is 0 Å². The van der Waals surface area contributed by atoms with Crippen LogP contribution in [-0.4, -0.2) is 36.5 Å². The van der Waals surface area contributed by atoms with Crippen molar-refractivity contribution in [3.63, 3.8) is 0 Å². The third-order valence-electron chi connectivity index (χ3n) is 1.91. The minimum absolute atomic E-state index is 0.852. The molecule has 0 bridgehead atoms. The number of likely N-dealkylation sites (N-methyl/N-ethyl adjacent to an activating group) is 1. The van der Waals surface area contributed by atoms with Gasteiger partial charge in [0.15, 0.2) is 0 Å². The van der Waals surface area contributed by atoms with Crippen LogP contribution in [0.1, 0.15) is 6.92 Å². The van der Waals surface area contributed by atoms with Gasteiger partial charge in [-0.1, -0.05) is 0 Å². The van der Waals surface area contributed by atoms with Crippen molar-refractivity contribution >= 4 is 14.7 Å². The molecule has 60 valence electrons. The molecule has 0 unspecified atom stereocenters. The van der Waals surface area contributed by atoms with Crippen molar-refractivity contribution in [1.82, 2.24) is 7.71 Å². The van der Waals surface area contributed by atoms with Gasteiger partial charge in [0.1, 0.15) is 0 Å². The SMILES string of the molecule is C=C1C=C(C)[N](C)[Ge](=[O])[N]1C. The standard InChI is InChI=1S/C7H12GeN2O/c1-6-5-7(2)10(4)8(11)9(6)3/h5H,1H2,2-4H3. The topological polar surface area (TPSA) is 23.6 Å². The van der Waals surface area contributed by atoms with E-state index in [4.69, 9.17) is 0 Å². The van der Waals surface area contributed by atoms with Crippen LogP contribution in [0.5, 0.6) is 0 Å². The average molecular weight is 213 g/mol. The molecular weight excluding hydrogens is 201 g/mol. The zero-order valence-corrected chi connectivity index (χ0v) is 9.19. The molecule has 3 nitrogen and oxygen atoms in total. The summed E-state index contributed by atoms with van der Waals surface area (Å²) in [5.41, 5.74) is 1.89. The van der Waals surface area contributed by atoms with Gasteiger partial charge >= 0.3 is 71.3 Å². The Hall–Kier alpha value is -0.577. The summed E-state index contributed by atoms with van der Waals surface area (Å²) in [4.78, 5) is 0. The Morgan fingerprint density at radius 1 is 1.45 bits per heavy atom. The van der Waals surface area contributed by atoms with Crippen molar-refractivity contribution in [2.24, 2.45) is 0 Å². The monoisotopic (exact) mass is 214 g/mol. The van der Waals surface area contributed by atoms with Crippen LogP contribution in [0.25, 0.3) is 0 Å². The van der Waals surface area contributed by atoms with Gasteiger partial charge in [-0.25, -0.2) is 0 Å². The van der Waals surface area contributed by atoms with Crippen molar-refractivity contribution in [3.05, 3.63) is 24.0 Å². The summed E-state index contributed by atoms with van der Waals surface area (Å²) in [5, 5.41) is 0. The van der Waals surface area contributed by atoms with Gasteiger partial charge in [0.05, 0.1) is 0 Å². The molecule has 4 heteroatoms. The van der Waals surface area contributed by atoms with Crippen molar-refractivity contribution < 1.29 is 3.78 Å². The van der Waals surface area contributed by atoms with E-state index in [-0.39, 0.29) is 0 Å². The van der Waals surface area contributed by atoms with E-state index in [2.05, 4.69) is 6.58 Å². The second-order valence-corrected chi connectivity index (χ2v) is 6.68. The van der Waals surface area contributed by atoms with E-state index in [0.717, 1.165) is 11.4 Å². The van der Waals surface area contributed by atoms with Crippen LogP contribution in [0.4, 0.5) is 0 Å². The van der Waals surface area contributed by atoms with E-state index in [1.54, 1.807) is 3.86 Å². The third kappa shape index (κ3) is 1.38. The zero-order valence-electron chi connectivity index (χ0n) is 7.09. The van der Waals surface area contributed by atoms with E-state index in [1.807, 2.05) is 31.0 Å². The molecule has 0 saturated heterocycles. The van der Waals surface area contributed by atoms with Gasteiger partial charge in [-0.2, -0.15) is 0 Å². The Morgan fingerprint density at radius 3 is 2.55 bits per heavy atom. The summed E-state index contributed by atoms with van der Waals surface area (Å²) >= 11 is -2.41. The molecule has 1 heterocycles. The van der Waals surface area contributed by atoms with Crippen molar-refractivity contribution in [3.8, 4) is 0 Å². The normalized spacial score (nSPS) is 19.0. The summed E-state index contributed by atoms with van der Waals surface area (Å²) in [6, 6.07) is 0. The van der Waals surface area contributed by atoms with Crippen LogP contribution < -0.4 is 0 Å². The molecule has 0 N–H and O–H groups in total. The average Bonchev–Trinajstić information content (AvgIpc) is 1.97. The first-order valence-electron chi connectivity index (χ1n) is 3.42. The fraction of sp³-hybridized carbons (Fsp3) is 0.429. The van der Waals surface area contributed by atoms with Crippen LogP contribution >= 0.6 is 0 Å². The van der Waals surface area contributed by atoms with Gasteiger partial charge in [-0.3, -0.25) is 0 Å². The minimum atomic E-state index is -2.41. The van der Waals surface area contributed by atoms with Crippen molar-refractivity contribution in [1.29, 1.82) is 0 Å². The third-order valence-corrected chi connectivity index (χ3v) is 5.66. The number of hydrogen-bond acceptors (Lipinski definition) is 1. The molecule has 0 aromatic carbocycles. The molecule has 1 rings (SSSR count). The number of hydrogen-bond donors (Lipinski definition) is 0. The van der Waals surface area contributed by atoms with Crippen molar-refractivity contribution in [2.45, 2.75) is 6.92 Å². The molecule has 0 fully saturated rings. The molecule has 11 heavy (non-hydrogen) atoms. The van der Waals surface area contributed by atoms with Crippen LogP contribution in [-0.2, 0) is 3.78 Å². The summed E-state index contributed by atoms with van der Waals surface area (Å²) in [6.45, 7) is 5.74. The Balaban J connectivity index is 3.01. The molecule has 0 atom stereocenters. The fourth-order valence-corrected chi connectivity index (χ4v) is 3.30. The molecule has 0 spiro atoms. The molecule has 0 aromatic rings. The van der Waals surface area contributed by atoms with E-state index >= 15 is 0 Å². The fourth-order valence-electron chi connectivity index (χ4n) is 0.933. The Kier molecular flexibility index (Phi) is 2.18. The van der Waals surface area contributed by atoms with E-state index in [1.165, 1.54) is 0 Å². The van der Waals surface area contributed by atoms with E-state index in [9.17, 15) is 3.78 Å². The van der Waals surface area contributed by atoms with Gasteiger partial charge in [0.2, 0.25) is 0 Å². The summed E-state index contributed by atoms with van der Waals surface area (Å²) in [6.07, 6.45) is 1.94. The summed E-state index contributed by atoms with van der Waals surface area (Å²) in [7, 11) is 3.68. The molecule has 1 aliphatic rings. The Bertz CT molecular complexity index is 247. The molecule has 0 aromatic heterocycles. The first kappa shape index (κ1) is 8.52. The predicted octanol–water partition coefficient (Wildman–Crippen LogP) is 0.696. The van der Waals surface area contributed by atoms with Crippen LogP contribution in [0.2, 0.25) is 0 Å². The van der Waals surface area contributed by atoms with Gasteiger partial charge in [0, 0.05) is 0 Å². The van der Waals surface area contributed by atoms with Gasteiger partial charge < -0.3 is 0 Å². The van der Waals surface area contributed by atoms with E-state index < -0.39 is 14.7 Å². The molecule has 1 aliphatic heterocycles. The summed E-state index contributed by atoms with van der Waals surface area (Å²) in [5.74, 6) is 0. The Morgan fingerprint density at radius 2 is 2.00 bits per heavy atom. The first-order chi connectivity index (χ1) is 5.04. The van der Waals surface area contributed by atoms with Crippen LogP contribution in [0.3, 0.4) is 0 Å². The molecule has 0 aliphatic carbocycles. The first-order valence-corrected chi connectivity index (χ1v) is 6.16. The Labute approximate surface area is 71.7 Å². The molecular formula is C7H12GeN2O. The maximum atomic E-state index is 11.5. The molecule has 0 amide bonds. The number of nitrogens with zero attached hydrogens (tertiary/aromatic N) is 2. The number of allylic oxidation sites excluding steroid dienone is 2. The molecule has 0 saturated carbocycles. The second-order valence-electron chi connectivity index (χ2n) is 2.68. The van der Waals surface area contributed by atoms with Crippen LogP contribution in [0, 0.1) is 0 Å². The van der Waals surface area contributed by atoms with Gasteiger partial charge in [-0.15, -0.1) is 0 Å². The van der Waals surface area contributed by atoms with Gasteiger partial charge in [-0.05, 0) is 0 Å². The number of rotatable bonds is 0. The quantitative estimate of drug-likeness (QED) is 0.553. The molecule has 0 radical (unpaired) electrons.